The van der Waals surface area contributed by atoms with E-state index in [0.717, 1.165) is 6.07 Å². The van der Waals surface area contributed by atoms with Crippen LogP contribution in [-0.2, 0) is 4.79 Å². The molecule has 1 heterocycles. The molecule has 0 aromatic heterocycles. The SMILES string of the molecule is CCC(=O)c1ccc(OCC(=O)N2CCN(C(=O)c3ccc(F)cc3Cl)CC2)cc1. The quantitative estimate of drug-likeness (QED) is 0.656. The first kappa shape index (κ1) is 21.8. The molecular weight excluding hydrogens is 411 g/mol. The number of Topliss-reactive ketones (excluding diaryl/α,β-unsaturated/α-hetero) is 1. The molecule has 0 radical (unpaired) electrons. The number of amides is 2. The molecule has 3 rings (SSSR count). The molecule has 0 spiro atoms. The third kappa shape index (κ3) is 5.16. The first-order valence-electron chi connectivity index (χ1n) is 9.67. The second kappa shape index (κ2) is 9.71. The van der Waals surface area contributed by atoms with Crippen LogP contribution in [0, 0.1) is 5.82 Å². The van der Waals surface area contributed by atoms with Crippen LogP contribution in [0.3, 0.4) is 0 Å². The molecule has 1 aliphatic rings. The van der Waals surface area contributed by atoms with Crippen LogP contribution in [0.2, 0.25) is 5.02 Å². The molecule has 2 amide bonds. The molecule has 8 heteroatoms. The minimum absolute atomic E-state index is 0.0481. The Morgan fingerprint density at radius 3 is 2.23 bits per heavy atom. The number of carbonyl (C=O) groups is 3. The molecular formula is C22H22ClFN2O4. The lowest BCUT2D eigenvalue weighted by Crippen LogP contribution is -2.51. The van der Waals surface area contributed by atoms with E-state index >= 15 is 0 Å². The molecule has 6 nitrogen and oxygen atoms in total. The zero-order chi connectivity index (χ0) is 21.7. The molecule has 2 aromatic carbocycles. The highest BCUT2D eigenvalue weighted by Gasteiger charge is 2.26. The number of halogens is 2. The number of piperazine rings is 1. The third-order valence-electron chi connectivity index (χ3n) is 4.94. The van der Waals surface area contributed by atoms with Crippen LogP contribution in [0.1, 0.15) is 34.1 Å². The van der Waals surface area contributed by atoms with Gasteiger partial charge in [0.1, 0.15) is 11.6 Å². The van der Waals surface area contributed by atoms with Gasteiger partial charge in [-0.15, -0.1) is 0 Å². The fourth-order valence-corrected chi connectivity index (χ4v) is 3.42. The van der Waals surface area contributed by atoms with Crippen LogP contribution in [-0.4, -0.2) is 60.2 Å². The van der Waals surface area contributed by atoms with Gasteiger partial charge in [-0.1, -0.05) is 18.5 Å². The van der Waals surface area contributed by atoms with Crippen molar-refractivity contribution in [1.29, 1.82) is 0 Å². The van der Waals surface area contributed by atoms with Gasteiger partial charge in [0.2, 0.25) is 0 Å². The van der Waals surface area contributed by atoms with Gasteiger partial charge in [-0.3, -0.25) is 14.4 Å². The van der Waals surface area contributed by atoms with E-state index in [-0.39, 0.29) is 34.8 Å². The van der Waals surface area contributed by atoms with Crippen molar-refractivity contribution >= 4 is 29.2 Å². The van der Waals surface area contributed by atoms with Gasteiger partial charge in [0, 0.05) is 38.2 Å². The smallest absolute Gasteiger partial charge is 0.260 e. The lowest BCUT2D eigenvalue weighted by molar-refractivity contribution is -0.134. The number of hydrogen-bond donors (Lipinski definition) is 0. The lowest BCUT2D eigenvalue weighted by atomic mass is 10.1. The molecule has 30 heavy (non-hydrogen) atoms. The summed E-state index contributed by atoms with van der Waals surface area (Å²) < 4.78 is 18.7. The molecule has 0 aliphatic carbocycles. The van der Waals surface area contributed by atoms with Crippen molar-refractivity contribution in [2.45, 2.75) is 13.3 Å². The fourth-order valence-electron chi connectivity index (χ4n) is 3.17. The second-order valence-electron chi connectivity index (χ2n) is 6.89. The minimum Gasteiger partial charge on any atom is -0.484 e. The Labute approximate surface area is 179 Å². The van der Waals surface area contributed by atoms with Crippen LogP contribution in [0.5, 0.6) is 5.75 Å². The number of nitrogens with zero attached hydrogens (tertiary/aromatic N) is 2. The normalized spacial score (nSPS) is 13.8. The van der Waals surface area contributed by atoms with Crippen molar-refractivity contribution in [3.63, 3.8) is 0 Å². The molecule has 1 fully saturated rings. The van der Waals surface area contributed by atoms with Gasteiger partial charge in [-0.25, -0.2) is 4.39 Å². The first-order valence-corrected chi connectivity index (χ1v) is 10.0. The first-order chi connectivity index (χ1) is 14.4. The van der Waals surface area contributed by atoms with Gasteiger partial charge in [-0.05, 0) is 42.5 Å². The highest BCUT2D eigenvalue weighted by molar-refractivity contribution is 6.33. The Kier molecular flexibility index (Phi) is 7.05. The van der Waals surface area contributed by atoms with Crippen LogP contribution in [0.25, 0.3) is 0 Å². The highest BCUT2D eigenvalue weighted by atomic mass is 35.5. The maximum Gasteiger partial charge on any atom is 0.260 e. The van der Waals surface area contributed by atoms with Crippen LogP contribution in [0.15, 0.2) is 42.5 Å². The molecule has 2 aromatic rings. The zero-order valence-electron chi connectivity index (χ0n) is 16.6. The van der Waals surface area contributed by atoms with E-state index in [9.17, 15) is 18.8 Å². The summed E-state index contributed by atoms with van der Waals surface area (Å²) in [7, 11) is 0. The van der Waals surface area contributed by atoms with Crippen LogP contribution < -0.4 is 4.74 Å². The number of ether oxygens (including phenoxy) is 1. The summed E-state index contributed by atoms with van der Waals surface area (Å²) in [5.74, 6) is -0.415. The predicted molar refractivity (Wildman–Crippen MR) is 110 cm³/mol. The molecule has 1 aliphatic heterocycles. The zero-order valence-corrected chi connectivity index (χ0v) is 17.3. The Balaban J connectivity index is 1.49. The van der Waals surface area contributed by atoms with E-state index in [1.807, 2.05) is 0 Å². The summed E-state index contributed by atoms with van der Waals surface area (Å²) in [4.78, 5) is 39.9. The molecule has 0 saturated carbocycles. The number of benzene rings is 2. The maximum absolute atomic E-state index is 13.2. The summed E-state index contributed by atoms with van der Waals surface area (Å²) in [6.07, 6.45) is 0.431. The van der Waals surface area contributed by atoms with Crippen molar-refractivity contribution in [3.05, 3.63) is 64.4 Å². The third-order valence-corrected chi connectivity index (χ3v) is 5.25. The Bertz CT molecular complexity index is 941. The van der Waals surface area contributed by atoms with Gasteiger partial charge in [0.15, 0.2) is 12.4 Å². The average molecular weight is 433 g/mol. The van der Waals surface area contributed by atoms with E-state index in [1.54, 1.807) is 41.0 Å². The largest absolute Gasteiger partial charge is 0.484 e. The van der Waals surface area contributed by atoms with E-state index in [1.165, 1.54) is 12.1 Å². The Morgan fingerprint density at radius 1 is 1.00 bits per heavy atom. The van der Waals surface area contributed by atoms with Gasteiger partial charge < -0.3 is 14.5 Å². The fraction of sp³-hybridized carbons (Fsp3) is 0.318. The minimum atomic E-state index is -0.501. The van der Waals surface area contributed by atoms with Crippen molar-refractivity contribution in [2.24, 2.45) is 0 Å². The molecule has 0 unspecified atom stereocenters. The monoisotopic (exact) mass is 432 g/mol. The van der Waals surface area contributed by atoms with Gasteiger partial charge >= 0.3 is 0 Å². The molecule has 0 N–H and O–H groups in total. The number of ketones is 1. The average Bonchev–Trinajstić information content (AvgIpc) is 2.77. The van der Waals surface area contributed by atoms with Crippen molar-refractivity contribution in [1.82, 2.24) is 9.80 Å². The summed E-state index contributed by atoms with van der Waals surface area (Å²) in [6, 6.07) is 10.4. The van der Waals surface area contributed by atoms with Crippen molar-refractivity contribution in [2.75, 3.05) is 32.8 Å². The van der Waals surface area contributed by atoms with Gasteiger partial charge in [0.25, 0.3) is 11.8 Å². The van der Waals surface area contributed by atoms with Crippen LogP contribution >= 0.6 is 11.6 Å². The highest BCUT2D eigenvalue weighted by Crippen LogP contribution is 2.20. The van der Waals surface area contributed by atoms with Gasteiger partial charge in [0.05, 0.1) is 10.6 Å². The van der Waals surface area contributed by atoms with Crippen molar-refractivity contribution in [3.8, 4) is 5.75 Å². The van der Waals surface area contributed by atoms with E-state index in [4.69, 9.17) is 16.3 Å². The topological polar surface area (TPSA) is 66.9 Å². The molecule has 0 atom stereocenters. The Morgan fingerprint density at radius 2 is 1.63 bits per heavy atom. The number of hydrogen-bond acceptors (Lipinski definition) is 4. The summed E-state index contributed by atoms with van der Waals surface area (Å²) >= 11 is 5.97. The molecule has 158 valence electrons. The van der Waals surface area contributed by atoms with Crippen LogP contribution in [0.4, 0.5) is 4.39 Å². The number of rotatable bonds is 6. The second-order valence-corrected chi connectivity index (χ2v) is 7.29. The van der Waals surface area contributed by atoms with E-state index in [2.05, 4.69) is 0 Å². The van der Waals surface area contributed by atoms with E-state index in [0.29, 0.717) is 43.9 Å². The lowest BCUT2D eigenvalue weighted by Gasteiger charge is -2.34. The Hall–Kier alpha value is -2.93. The maximum atomic E-state index is 13.2. The van der Waals surface area contributed by atoms with Gasteiger partial charge in [-0.2, -0.15) is 0 Å². The summed E-state index contributed by atoms with van der Waals surface area (Å²) in [5, 5.41) is 0.0681. The van der Waals surface area contributed by atoms with Crippen molar-refractivity contribution < 1.29 is 23.5 Å². The molecule has 1 saturated heterocycles. The summed E-state index contributed by atoms with van der Waals surface area (Å²) in [6.45, 7) is 3.12. The predicted octanol–water partition coefficient (Wildman–Crippen LogP) is 3.44. The van der Waals surface area contributed by atoms with E-state index < -0.39 is 5.82 Å². The number of carbonyl (C=O) groups excluding carboxylic acids is 3. The molecule has 0 bridgehead atoms. The standard InChI is InChI=1S/C22H22ClFN2O4/c1-2-20(27)15-3-6-17(7-4-15)30-14-21(28)25-9-11-26(12-10-25)22(29)18-8-5-16(24)13-19(18)23/h3-8,13H,2,9-12,14H2,1H3. The summed E-state index contributed by atoms with van der Waals surface area (Å²) in [5.41, 5.74) is 0.851.